The SMILES string of the molecule is CCCCn1c(N)c(N(C(=O)CN2CCN(CC(F)(F)F)CC2)C2CCCC2)c(=O)[nH]c1=O. The van der Waals surface area contributed by atoms with Crippen molar-refractivity contribution >= 4 is 17.4 Å². The number of unbranched alkanes of at least 4 members (excludes halogenated alkanes) is 1. The number of hydrogen-bond donors (Lipinski definition) is 2. The molecule has 0 unspecified atom stereocenters. The fourth-order valence-corrected chi connectivity index (χ4v) is 4.65. The van der Waals surface area contributed by atoms with Crippen LogP contribution in [-0.2, 0) is 11.3 Å². The molecule has 2 fully saturated rings. The minimum absolute atomic E-state index is 0.00156. The molecule has 186 valence electrons. The maximum Gasteiger partial charge on any atom is 0.401 e. The van der Waals surface area contributed by atoms with Crippen LogP contribution in [0.1, 0.15) is 45.4 Å². The highest BCUT2D eigenvalue weighted by Crippen LogP contribution is 2.29. The lowest BCUT2D eigenvalue weighted by molar-refractivity contribution is -0.149. The fraction of sp³-hybridized carbons (Fsp3) is 0.762. The number of H-pyrrole nitrogens is 1. The first-order valence-electron chi connectivity index (χ1n) is 11.6. The fourth-order valence-electron chi connectivity index (χ4n) is 4.65. The molecule has 0 radical (unpaired) electrons. The monoisotopic (exact) mass is 474 g/mol. The Morgan fingerprint density at radius 2 is 1.73 bits per heavy atom. The number of nitrogens with two attached hydrogens (primary N) is 1. The van der Waals surface area contributed by atoms with E-state index in [0.717, 1.165) is 32.1 Å². The number of nitrogens with one attached hydrogen (secondary N) is 1. The number of amides is 1. The number of rotatable bonds is 8. The number of carbonyl (C=O) groups is 1. The van der Waals surface area contributed by atoms with Gasteiger partial charge in [0.15, 0.2) is 5.69 Å². The summed E-state index contributed by atoms with van der Waals surface area (Å²) in [5, 5.41) is 0. The van der Waals surface area contributed by atoms with Crippen LogP contribution in [0.15, 0.2) is 9.59 Å². The van der Waals surface area contributed by atoms with Crippen LogP contribution in [0.5, 0.6) is 0 Å². The highest BCUT2D eigenvalue weighted by molar-refractivity contribution is 5.97. The smallest absolute Gasteiger partial charge is 0.383 e. The summed E-state index contributed by atoms with van der Waals surface area (Å²) in [6.07, 6.45) is 0.531. The summed E-state index contributed by atoms with van der Waals surface area (Å²) in [5.41, 5.74) is 4.97. The van der Waals surface area contributed by atoms with Crippen molar-refractivity contribution in [1.29, 1.82) is 0 Å². The zero-order valence-corrected chi connectivity index (χ0v) is 19.0. The lowest BCUT2D eigenvalue weighted by Gasteiger charge is -2.36. The van der Waals surface area contributed by atoms with Crippen molar-refractivity contribution < 1.29 is 18.0 Å². The highest BCUT2D eigenvalue weighted by Gasteiger charge is 2.35. The molecule has 0 atom stereocenters. The molecule has 1 aromatic rings. The number of nitrogen functional groups attached to an aromatic ring is 1. The predicted octanol–water partition coefficient (Wildman–Crippen LogP) is 1.37. The Kier molecular flexibility index (Phi) is 8.22. The van der Waals surface area contributed by atoms with Gasteiger partial charge in [0.2, 0.25) is 5.91 Å². The van der Waals surface area contributed by atoms with Gasteiger partial charge in [0.25, 0.3) is 5.56 Å². The molecule has 12 heteroatoms. The van der Waals surface area contributed by atoms with E-state index in [1.807, 2.05) is 6.92 Å². The van der Waals surface area contributed by atoms with Crippen LogP contribution < -0.4 is 21.9 Å². The van der Waals surface area contributed by atoms with Crippen LogP contribution in [0.25, 0.3) is 0 Å². The van der Waals surface area contributed by atoms with Crippen LogP contribution in [-0.4, -0.2) is 76.7 Å². The summed E-state index contributed by atoms with van der Waals surface area (Å²) >= 11 is 0. The van der Waals surface area contributed by atoms with E-state index >= 15 is 0 Å². The van der Waals surface area contributed by atoms with Crippen molar-refractivity contribution in [3.05, 3.63) is 20.8 Å². The van der Waals surface area contributed by atoms with E-state index in [9.17, 15) is 27.6 Å². The number of piperazine rings is 1. The zero-order valence-electron chi connectivity index (χ0n) is 19.0. The number of hydrogen-bond acceptors (Lipinski definition) is 6. The third-order valence-corrected chi connectivity index (χ3v) is 6.38. The van der Waals surface area contributed by atoms with E-state index in [1.54, 1.807) is 4.90 Å². The third kappa shape index (κ3) is 6.38. The molecular weight excluding hydrogens is 441 g/mol. The predicted molar refractivity (Wildman–Crippen MR) is 119 cm³/mol. The Morgan fingerprint density at radius 3 is 2.30 bits per heavy atom. The average Bonchev–Trinajstić information content (AvgIpc) is 3.25. The van der Waals surface area contributed by atoms with Crippen molar-refractivity contribution in [2.75, 3.05) is 49.9 Å². The summed E-state index contributed by atoms with van der Waals surface area (Å²) < 4.78 is 39.2. The van der Waals surface area contributed by atoms with Gasteiger partial charge in [0.1, 0.15) is 5.82 Å². The first-order chi connectivity index (χ1) is 15.6. The quantitative estimate of drug-likeness (QED) is 0.590. The molecule has 1 aromatic heterocycles. The van der Waals surface area contributed by atoms with Gasteiger partial charge in [-0.1, -0.05) is 26.2 Å². The molecule has 1 aliphatic heterocycles. The van der Waals surface area contributed by atoms with Crippen LogP contribution in [0.4, 0.5) is 24.7 Å². The number of aromatic nitrogens is 2. The van der Waals surface area contributed by atoms with Gasteiger partial charge in [0, 0.05) is 38.8 Å². The summed E-state index contributed by atoms with van der Waals surface area (Å²) in [7, 11) is 0. The van der Waals surface area contributed by atoms with E-state index in [0.29, 0.717) is 26.1 Å². The van der Waals surface area contributed by atoms with Crippen LogP contribution in [0, 0.1) is 0 Å². The molecule has 1 saturated carbocycles. The molecule has 33 heavy (non-hydrogen) atoms. The summed E-state index contributed by atoms with van der Waals surface area (Å²) in [4.78, 5) is 45.4. The molecular formula is C21H33F3N6O3. The number of anilines is 2. The third-order valence-electron chi connectivity index (χ3n) is 6.38. The first kappa shape index (κ1) is 25.3. The van der Waals surface area contributed by atoms with Gasteiger partial charge >= 0.3 is 11.9 Å². The molecule has 3 rings (SSSR count). The number of halogens is 3. The lowest BCUT2D eigenvalue weighted by Crippen LogP contribution is -2.53. The van der Waals surface area contributed by atoms with E-state index < -0.39 is 24.0 Å². The molecule has 1 aliphatic carbocycles. The Balaban J connectivity index is 1.81. The lowest BCUT2D eigenvalue weighted by atomic mass is 10.1. The van der Waals surface area contributed by atoms with Gasteiger partial charge in [0.05, 0.1) is 13.1 Å². The number of alkyl halides is 3. The van der Waals surface area contributed by atoms with Gasteiger partial charge in [-0.25, -0.2) is 4.79 Å². The second-order valence-corrected chi connectivity index (χ2v) is 8.87. The first-order valence-corrected chi connectivity index (χ1v) is 11.6. The van der Waals surface area contributed by atoms with Crippen molar-refractivity contribution in [1.82, 2.24) is 19.4 Å². The maximum atomic E-state index is 13.4. The van der Waals surface area contributed by atoms with Gasteiger partial charge < -0.3 is 10.6 Å². The van der Waals surface area contributed by atoms with Crippen LogP contribution in [0.2, 0.25) is 0 Å². The van der Waals surface area contributed by atoms with Crippen molar-refractivity contribution in [2.24, 2.45) is 0 Å². The molecule has 0 bridgehead atoms. The second-order valence-electron chi connectivity index (χ2n) is 8.87. The summed E-state index contributed by atoms with van der Waals surface area (Å²) in [5.74, 6) is -0.350. The largest absolute Gasteiger partial charge is 0.401 e. The van der Waals surface area contributed by atoms with Gasteiger partial charge in [-0.15, -0.1) is 0 Å². The van der Waals surface area contributed by atoms with Crippen LogP contribution >= 0.6 is 0 Å². The van der Waals surface area contributed by atoms with Crippen LogP contribution in [0.3, 0.4) is 0 Å². The molecule has 9 nitrogen and oxygen atoms in total. The Labute approximate surface area is 190 Å². The normalized spacial score (nSPS) is 18.7. The minimum atomic E-state index is -4.25. The van der Waals surface area contributed by atoms with E-state index in [-0.39, 0.29) is 43.1 Å². The maximum absolute atomic E-state index is 13.4. The molecule has 1 amide bonds. The minimum Gasteiger partial charge on any atom is -0.383 e. The van der Waals surface area contributed by atoms with E-state index in [1.165, 1.54) is 14.4 Å². The number of nitrogens with zero attached hydrogens (tertiary/aromatic N) is 4. The zero-order chi connectivity index (χ0) is 24.2. The molecule has 0 aromatic carbocycles. The number of aromatic amines is 1. The molecule has 1 saturated heterocycles. The molecule has 3 N–H and O–H groups in total. The van der Waals surface area contributed by atoms with Crippen molar-refractivity contribution in [3.8, 4) is 0 Å². The van der Waals surface area contributed by atoms with Gasteiger partial charge in [-0.05, 0) is 19.3 Å². The second kappa shape index (κ2) is 10.7. The van der Waals surface area contributed by atoms with E-state index in [2.05, 4.69) is 4.98 Å². The van der Waals surface area contributed by atoms with E-state index in [4.69, 9.17) is 5.73 Å². The summed E-state index contributed by atoms with van der Waals surface area (Å²) in [6, 6.07) is -0.204. The van der Waals surface area contributed by atoms with Gasteiger partial charge in [-0.3, -0.25) is 28.9 Å². The molecule has 2 heterocycles. The Bertz CT molecular complexity index is 931. The average molecular weight is 475 g/mol. The Hall–Kier alpha value is -2.34. The van der Waals surface area contributed by atoms with Crippen molar-refractivity contribution in [2.45, 2.75) is 64.2 Å². The topological polar surface area (TPSA) is 108 Å². The van der Waals surface area contributed by atoms with Gasteiger partial charge in [-0.2, -0.15) is 13.2 Å². The molecule has 0 spiro atoms. The number of carbonyl (C=O) groups excluding carboxylic acids is 1. The Morgan fingerprint density at radius 1 is 1.12 bits per heavy atom. The van der Waals surface area contributed by atoms with Crippen molar-refractivity contribution in [3.63, 3.8) is 0 Å². The summed E-state index contributed by atoms with van der Waals surface area (Å²) in [6.45, 7) is 2.37. The highest BCUT2D eigenvalue weighted by atomic mass is 19.4. The standard InChI is InChI=1S/C21H33F3N6O3/c1-2-3-8-29-18(25)17(19(32)26-20(29)33)30(15-6-4-5-7-15)16(31)13-27-9-11-28(12-10-27)14-21(22,23)24/h15H,2-14,25H2,1H3,(H,26,32,33). The molecule has 2 aliphatic rings.